The summed E-state index contributed by atoms with van der Waals surface area (Å²) in [4.78, 5) is 22.4. The molecule has 1 saturated heterocycles. The van der Waals surface area contributed by atoms with Gasteiger partial charge in [-0.05, 0) is 19.3 Å². The maximum Gasteiger partial charge on any atom is 0.338 e. The first kappa shape index (κ1) is 13.0. The summed E-state index contributed by atoms with van der Waals surface area (Å²) in [7, 11) is 0. The van der Waals surface area contributed by atoms with Gasteiger partial charge in [-0.2, -0.15) is 0 Å². The predicted molar refractivity (Wildman–Crippen MR) is 56.2 cm³/mol. The van der Waals surface area contributed by atoms with E-state index in [2.05, 4.69) is 0 Å². The van der Waals surface area contributed by atoms with Gasteiger partial charge in [-0.25, -0.2) is 4.79 Å². The van der Waals surface area contributed by atoms with Crippen LogP contribution in [0.2, 0.25) is 0 Å². The molecule has 0 radical (unpaired) electrons. The molecule has 0 saturated carbocycles. The van der Waals surface area contributed by atoms with E-state index in [1.807, 2.05) is 0 Å². The molecule has 1 unspecified atom stereocenters. The fourth-order valence-electron chi connectivity index (χ4n) is 2.35. The Morgan fingerprint density at radius 1 is 1.25 bits per heavy atom. The molecule has 5 nitrogen and oxygen atoms in total. The fraction of sp³-hybridized carbons (Fsp3) is 0.818. The molecule has 0 spiro atoms. The summed E-state index contributed by atoms with van der Waals surface area (Å²) in [6.07, 6.45) is 0.328. The number of ether oxygens (including phenoxy) is 1. The average molecular weight is 230 g/mol. The highest BCUT2D eigenvalue weighted by atomic mass is 16.6. The largest absolute Gasteiger partial charge is 0.481 e. The van der Waals surface area contributed by atoms with Crippen LogP contribution in [0.25, 0.3) is 0 Å². The van der Waals surface area contributed by atoms with Crippen molar-refractivity contribution >= 4 is 11.9 Å². The summed E-state index contributed by atoms with van der Waals surface area (Å²) in [5.74, 6) is -2.04. The summed E-state index contributed by atoms with van der Waals surface area (Å²) in [5, 5.41) is 18.4. The third-order valence-electron chi connectivity index (χ3n) is 3.77. The van der Waals surface area contributed by atoms with Crippen molar-refractivity contribution in [2.24, 2.45) is 5.41 Å². The number of hydrogen-bond donors (Lipinski definition) is 2. The number of epoxide rings is 1. The molecular weight excluding hydrogens is 212 g/mol. The zero-order chi connectivity index (χ0) is 12.6. The van der Waals surface area contributed by atoms with Crippen LogP contribution in [-0.4, -0.2) is 33.9 Å². The number of rotatable bonds is 6. The van der Waals surface area contributed by atoms with Gasteiger partial charge in [-0.1, -0.05) is 20.8 Å². The van der Waals surface area contributed by atoms with Gasteiger partial charge < -0.3 is 14.9 Å². The highest BCUT2D eigenvalue weighted by Gasteiger charge is 2.71. The van der Waals surface area contributed by atoms with Crippen LogP contribution in [0.3, 0.4) is 0 Å². The molecule has 0 bridgehead atoms. The van der Waals surface area contributed by atoms with Crippen LogP contribution >= 0.6 is 0 Å². The lowest BCUT2D eigenvalue weighted by molar-refractivity contribution is -0.151. The van der Waals surface area contributed by atoms with Crippen LogP contribution in [0.1, 0.15) is 40.0 Å². The molecule has 1 aliphatic rings. The van der Waals surface area contributed by atoms with Crippen molar-refractivity contribution < 1.29 is 24.5 Å². The lowest BCUT2D eigenvalue weighted by atomic mass is 9.74. The molecular formula is C11H18O5. The van der Waals surface area contributed by atoms with Gasteiger partial charge >= 0.3 is 11.9 Å². The van der Waals surface area contributed by atoms with Crippen LogP contribution < -0.4 is 0 Å². The van der Waals surface area contributed by atoms with E-state index < -0.39 is 29.1 Å². The predicted octanol–water partition coefficient (Wildman–Crippen LogP) is 1.51. The molecule has 5 heteroatoms. The second-order valence-corrected chi connectivity index (χ2v) is 4.21. The summed E-state index contributed by atoms with van der Waals surface area (Å²) < 4.78 is 5.24. The Balaban J connectivity index is 3.02. The molecule has 1 heterocycles. The number of hydrogen-bond acceptors (Lipinski definition) is 3. The van der Waals surface area contributed by atoms with Crippen molar-refractivity contribution in [2.45, 2.75) is 51.7 Å². The van der Waals surface area contributed by atoms with E-state index in [0.29, 0.717) is 19.3 Å². The third-order valence-corrected chi connectivity index (χ3v) is 3.77. The molecule has 16 heavy (non-hydrogen) atoms. The zero-order valence-corrected chi connectivity index (χ0v) is 9.82. The van der Waals surface area contributed by atoms with E-state index in [4.69, 9.17) is 9.84 Å². The van der Waals surface area contributed by atoms with E-state index >= 15 is 0 Å². The summed E-state index contributed by atoms with van der Waals surface area (Å²) in [6, 6.07) is 0. The summed E-state index contributed by atoms with van der Waals surface area (Å²) in [6.45, 7) is 5.20. The minimum atomic E-state index is -1.29. The highest BCUT2D eigenvalue weighted by Crippen LogP contribution is 2.53. The van der Waals surface area contributed by atoms with Gasteiger partial charge in [0, 0.05) is 0 Å². The molecule has 0 aromatic carbocycles. The highest BCUT2D eigenvalue weighted by molar-refractivity contribution is 5.85. The van der Waals surface area contributed by atoms with Crippen LogP contribution in [0.4, 0.5) is 0 Å². The van der Waals surface area contributed by atoms with Gasteiger partial charge in [0.1, 0.15) is 6.10 Å². The number of carboxylic acids is 2. The lowest BCUT2D eigenvalue weighted by Crippen LogP contribution is -2.41. The first-order chi connectivity index (χ1) is 7.41. The number of carbonyl (C=O) groups is 2. The first-order valence-electron chi connectivity index (χ1n) is 5.55. The van der Waals surface area contributed by atoms with E-state index in [-0.39, 0.29) is 0 Å². The molecule has 0 amide bonds. The monoisotopic (exact) mass is 230 g/mol. The Labute approximate surface area is 94.4 Å². The fourth-order valence-corrected chi connectivity index (χ4v) is 2.35. The van der Waals surface area contributed by atoms with Crippen molar-refractivity contribution in [3.05, 3.63) is 0 Å². The maximum absolute atomic E-state index is 11.3. The second-order valence-electron chi connectivity index (χ2n) is 4.21. The Bertz CT molecular complexity index is 307. The molecule has 0 aromatic heterocycles. The lowest BCUT2D eigenvalue weighted by Gasteiger charge is -2.25. The zero-order valence-electron chi connectivity index (χ0n) is 9.82. The van der Waals surface area contributed by atoms with Crippen molar-refractivity contribution in [1.82, 2.24) is 0 Å². The molecule has 0 aliphatic carbocycles. The molecule has 2 atom stereocenters. The van der Waals surface area contributed by atoms with Crippen LogP contribution in [-0.2, 0) is 14.3 Å². The minimum absolute atomic E-state index is 0.294. The van der Waals surface area contributed by atoms with E-state index in [1.165, 1.54) is 0 Å². The normalized spacial score (nSPS) is 28.8. The Kier molecular flexibility index (Phi) is 3.28. The number of aliphatic carboxylic acids is 2. The smallest absolute Gasteiger partial charge is 0.338 e. The van der Waals surface area contributed by atoms with E-state index in [0.717, 1.165) is 0 Å². The van der Waals surface area contributed by atoms with E-state index in [1.54, 1.807) is 20.8 Å². The van der Waals surface area contributed by atoms with Gasteiger partial charge in [-0.3, -0.25) is 4.79 Å². The summed E-state index contributed by atoms with van der Waals surface area (Å²) >= 11 is 0. The van der Waals surface area contributed by atoms with Crippen molar-refractivity contribution in [3.63, 3.8) is 0 Å². The third kappa shape index (κ3) is 1.50. The topological polar surface area (TPSA) is 87.1 Å². The number of carboxylic acid groups (broad SMARTS) is 2. The standard InChI is InChI=1S/C11H18O5/c1-4-10(5-2,8(12)13)7-11(6-3,16-7)9(14)15/h7H,4-6H2,1-3H3,(H,12,13)(H,14,15)/t7?,11-/m0/s1. The van der Waals surface area contributed by atoms with Gasteiger partial charge in [0.25, 0.3) is 0 Å². The minimum Gasteiger partial charge on any atom is -0.481 e. The van der Waals surface area contributed by atoms with Crippen molar-refractivity contribution in [2.75, 3.05) is 0 Å². The maximum atomic E-state index is 11.3. The summed E-state index contributed by atoms with van der Waals surface area (Å²) in [5.41, 5.74) is -2.36. The van der Waals surface area contributed by atoms with Crippen LogP contribution in [0.5, 0.6) is 0 Å². The second kappa shape index (κ2) is 4.05. The Morgan fingerprint density at radius 2 is 1.75 bits per heavy atom. The van der Waals surface area contributed by atoms with Crippen LogP contribution in [0, 0.1) is 5.41 Å². The average Bonchev–Trinajstić information content (AvgIpc) is 2.97. The molecule has 1 rings (SSSR count). The van der Waals surface area contributed by atoms with E-state index in [9.17, 15) is 14.7 Å². The molecule has 92 valence electrons. The Hall–Kier alpha value is -1.10. The quantitative estimate of drug-likeness (QED) is 0.675. The van der Waals surface area contributed by atoms with Crippen molar-refractivity contribution in [3.8, 4) is 0 Å². The van der Waals surface area contributed by atoms with Gasteiger partial charge in [0.05, 0.1) is 5.41 Å². The van der Waals surface area contributed by atoms with Gasteiger partial charge in [-0.15, -0.1) is 0 Å². The first-order valence-corrected chi connectivity index (χ1v) is 5.55. The van der Waals surface area contributed by atoms with Gasteiger partial charge in [0.2, 0.25) is 0 Å². The molecule has 2 N–H and O–H groups in total. The van der Waals surface area contributed by atoms with Gasteiger partial charge in [0.15, 0.2) is 5.60 Å². The molecule has 1 fully saturated rings. The molecule has 1 aliphatic heterocycles. The SMILES string of the molecule is CCC(CC)(C(=O)O)C1O[C@]1(CC)C(=O)O. The van der Waals surface area contributed by atoms with Crippen molar-refractivity contribution in [1.29, 1.82) is 0 Å². The van der Waals surface area contributed by atoms with Crippen LogP contribution in [0.15, 0.2) is 0 Å². The molecule has 0 aromatic rings. The Morgan fingerprint density at radius 3 is 1.94 bits per heavy atom.